The molecule has 1 heterocycles. The minimum atomic E-state index is 0.633. The molecule has 1 aliphatic carbocycles. The lowest BCUT2D eigenvalue weighted by molar-refractivity contribution is 0.183. The van der Waals surface area contributed by atoms with Crippen LogP contribution >= 0.6 is 0 Å². The van der Waals surface area contributed by atoms with E-state index in [4.69, 9.17) is 0 Å². The van der Waals surface area contributed by atoms with Crippen molar-refractivity contribution in [3.8, 4) is 0 Å². The van der Waals surface area contributed by atoms with Crippen LogP contribution in [-0.4, -0.2) is 13.1 Å². The second-order valence-electron chi connectivity index (χ2n) is 4.70. The molecule has 1 nitrogen and oxygen atoms in total. The Morgan fingerprint density at radius 3 is 2.57 bits per heavy atom. The molecule has 78 valence electrons. The van der Waals surface area contributed by atoms with Crippen LogP contribution in [0.2, 0.25) is 0 Å². The largest absolute Gasteiger partial charge is 0.317 e. The Morgan fingerprint density at radius 2 is 1.71 bits per heavy atom. The van der Waals surface area contributed by atoms with Crippen molar-refractivity contribution in [3.63, 3.8) is 0 Å². The van der Waals surface area contributed by atoms with Crippen molar-refractivity contribution in [1.29, 1.82) is 0 Å². The van der Waals surface area contributed by atoms with Gasteiger partial charge >= 0.3 is 0 Å². The van der Waals surface area contributed by atoms with Crippen molar-refractivity contribution in [2.45, 2.75) is 38.5 Å². The summed E-state index contributed by atoms with van der Waals surface area (Å²) >= 11 is 0. The van der Waals surface area contributed by atoms with E-state index in [-0.39, 0.29) is 0 Å². The highest BCUT2D eigenvalue weighted by Crippen LogP contribution is 2.38. The zero-order valence-corrected chi connectivity index (χ0v) is 8.97. The van der Waals surface area contributed by atoms with Crippen LogP contribution in [0, 0.1) is 5.41 Å². The molecule has 0 bridgehead atoms. The lowest BCUT2D eigenvalue weighted by Gasteiger charge is -2.37. The van der Waals surface area contributed by atoms with Gasteiger partial charge in [0.05, 0.1) is 0 Å². The van der Waals surface area contributed by atoms with Crippen molar-refractivity contribution < 1.29 is 0 Å². The number of rotatable bonds is 0. The van der Waals surface area contributed by atoms with Gasteiger partial charge in [0.25, 0.3) is 0 Å². The van der Waals surface area contributed by atoms with Crippen molar-refractivity contribution in [3.05, 3.63) is 24.3 Å². The summed E-state index contributed by atoms with van der Waals surface area (Å²) in [6.07, 6.45) is 17.2. The van der Waals surface area contributed by atoms with Crippen molar-refractivity contribution in [1.82, 2.24) is 5.32 Å². The SMILES string of the molecule is C1=C\CCCC2(C\C=C/1)CCNCC2. The molecule has 0 saturated carbocycles. The molecular weight excluding hydrogens is 170 g/mol. The third-order valence-electron chi connectivity index (χ3n) is 3.68. The fourth-order valence-electron chi connectivity index (χ4n) is 2.68. The normalized spacial score (nSPS) is 31.4. The number of hydrogen-bond acceptors (Lipinski definition) is 1. The summed E-state index contributed by atoms with van der Waals surface area (Å²) in [6.45, 7) is 2.45. The van der Waals surface area contributed by atoms with Crippen molar-refractivity contribution in [2.75, 3.05) is 13.1 Å². The third kappa shape index (κ3) is 2.48. The van der Waals surface area contributed by atoms with Crippen LogP contribution in [0.5, 0.6) is 0 Å². The van der Waals surface area contributed by atoms with Crippen LogP contribution in [-0.2, 0) is 0 Å². The van der Waals surface area contributed by atoms with Crippen LogP contribution in [0.3, 0.4) is 0 Å². The lowest BCUT2D eigenvalue weighted by Crippen LogP contribution is -2.36. The molecule has 1 heteroatoms. The average molecular weight is 191 g/mol. The molecular formula is C13H21N. The van der Waals surface area contributed by atoms with E-state index in [2.05, 4.69) is 29.6 Å². The summed E-state index contributed by atoms with van der Waals surface area (Å²) in [5.74, 6) is 0. The molecule has 1 N–H and O–H groups in total. The van der Waals surface area contributed by atoms with E-state index >= 15 is 0 Å². The minimum absolute atomic E-state index is 0.633. The Bertz CT molecular complexity index is 221. The van der Waals surface area contributed by atoms with Crippen LogP contribution < -0.4 is 5.32 Å². The van der Waals surface area contributed by atoms with Crippen LogP contribution in [0.25, 0.3) is 0 Å². The Balaban J connectivity index is 2.01. The maximum atomic E-state index is 3.47. The van der Waals surface area contributed by atoms with E-state index < -0.39 is 0 Å². The molecule has 0 aromatic carbocycles. The fourth-order valence-corrected chi connectivity index (χ4v) is 2.68. The van der Waals surface area contributed by atoms with Gasteiger partial charge in [-0.15, -0.1) is 0 Å². The first-order chi connectivity index (χ1) is 6.91. The standard InChI is InChI=1S/C13H21N/c1-2-4-6-8-13(7-5-3-1)9-11-14-12-10-13/h1-3,5,14H,4,6-12H2/b2-1-,5-3-. The first kappa shape index (κ1) is 9.97. The van der Waals surface area contributed by atoms with Crippen LogP contribution in [0.4, 0.5) is 0 Å². The van der Waals surface area contributed by atoms with Crippen molar-refractivity contribution in [2.24, 2.45) is 5.41 Å². The lowest BCUT2D eigenvalue weighted by atomic mass is 9.72. The van der Waals surface area contributed by atoms with E-state index in [1.807, 2.05) is 0 Å². The highest BCUT2D eigenvalue weighted by Gasteiger charge is 2.29. The smallest absolute Gasteiger partial charge is 0.00435 e. The fraction of sp³-hybridized carbons (Fsp3) is 0.692. The second kappa shape index (κ2) is 4.79. The topological polar surface area (TPSA) is 12.0 Å². The molecule has 1 saturated heterocycles. The third-order valence-corrected chi connectivity index (χ3v) is 3.68. The van der Waals surface area contributed by atoms with Gasteiger partial charge < -0.3 is 5.32 Å². The molecule has 1 aliphatic heterocycles. The van der Waals surface area contributed by atoms with Crippen LogP contribution in [0.15, 0.2) is 24.3 Å². The Hall–Kier alpha value is -0.560. The van der Waals surface area contributed by atoms with Gasteiger partial charge in [0.2, 0.25) is 0 Å². The molecule has 0 unspecified atom stereocenters. The van der Waals surface area contributed by atoms with Gasteiger partial charge in [-0.25, -0.2) is 0 Å². The summed E-state index contributed by atoms with van der Waals surface area (Å²) < 4.78 is 0. The zero-order chi connectivity index (χ0) is 9.69. The maximum Gasteiger partial charge on any atom is -0.00435 e. The summed E-state index contributed by atoms with van der Waals surface area (Å²) in [7, 11) is 0. The quantitative estimate of drug-likeness (QED) is 0.620. The van der Waals surface area contributed by atoms with E-state index in [9.17, 15) is 0 Å². The number of nitrogens with one attached hydrogen (secondary N) is 1. The molecule has 0 aromatic heterocycles. The van der Waals surface area contributed by atoms with Gasteiger partial charge in [-0.05, 0) is 57.0 Å². The number of piperidine rings is 1. The van der Waals surface area contributed by atoms with Gasteiger partial charge in [0.1, 0.15) is 0 Å². The molecule has 14 heavy (non-hydrogen) atoms. The predicted octanol–water partition coefficient (Wildman–Crippen LogP) is 3.04. The van der Waals surface area contributed by atoms with Crippen molar-refractivity contribution >= 4 is 0 Å². The van der Waals surface area contributed by atoms with Gasteiger partial charge in [0.15, 0.2) is 0 Å². The highest BCUT2D eigenvalue weighted by atomic mass is 14.9. The molecule has 2 aliphatic rings. The zero-order valence-electron chi connectivity index (χ0n) is 8.97. The van der Waals surface area contributed by atoms with E-state index in [0.717, 1.165) is 0 Å². The first-order valence-electron chi connectivity index (χ1n) is 5.94. The Kier molecular flexibility index (Phi) is 3.41. The summed E-state index contributed by atoms with van der Waals surface area (Å²) in [4.78, 5) is 0. The van der Waals surface area contributed by atoms with Crippen LogP contribution in [0.1, 0.15) is 38.5 Å². The van der Waals surface area contributed by atoms with E-state index in [0.29, 0.717) is 5.41 Å². The molecule has 2 rings (SSSR count). The Labute approximate surface area is 87.3 Å². The number of hydrogen-bond donors (Lipinski definition) is 1. The number of allylic oxidation sites excluding steroid dienone is 4. The molecule has 0 radical (unpaired) electrons. The first-order valence-corrected chi connectivity index (χ1v) is 5.94. The molecule has 0 atom stereocenters. The molecule has 0 aromatic rings. The predicted molar refractivity (Wildman–Crippen MR) is 61.3 cm³/mol. The monoisotopic (exact) mass is 191 g/mol. The highest BCUT2D eigenvalue weighted by molar-refractivity contribution is 5.06. The van der Waals surface area contributed by atoms with Gasteiger partial charge in [0, 0.05) is 0 Å². The molecule has 1 spiro atoms. The average Bonchev–Trinajstić information content (AvgIpc) is 2.33. The van der Waals surface area contributed by atoms with Gasteiger partial charge in [-0.1, -0.05) is 24.3 Å². The summed E-state index contributed by atoms with van der Waals surface area (Å²) in [5, 5.41) is 3.47. The van der Waals surface area contributed by atoms with E-state index in [1.165, 1.54) is 51.6 Å². The molecule has 1 fully saturated rings. The summed E-state index contributed by atoms with van der Waals surface area (Å²) in [5.41, 5.74) is 0.633. The van der Waals surface area contributed by atoms with Gasteiger partial charge in [-0.2, -0.15) is 0 Å². The molecule has 0 amide bonds. The minimum Gasteiger partial charge on any atom is -0.317 e. The van der Waals surface area contributed by atoms with E-state index in [1.54, 1.807) is 0 Å². The van der Waals surface area contributed by atoms with Gasteiger partial charge in [-0.3, -0.25) is 0 Å². The Morgan fingerprint density at radius 1 is 0.929 bits per heavy atom. The maximum absolute atomic E-state index is 3.47. The second-order valence-corrected chi connectivity index (χ2v) is 4.70. The summed E-state index contributed by atoms with van der Waals surface area (Å²) in [6, 6.07) is 0.